The molecule has 0 aliphatic rings. The summed E-state index contributed by atoms with van der Waals surface area (Å²) in [5.74, 6) is 0. The van der Waals surface area contributed by atoms with E-state index in [0.717, 1.165) is 5.69 Å². The summed E-state index contributed by atoms with van der Waals surface area (Å²) >= 11 is 5.35. The zero-order valence-corrected chi connectivity index (χ0v) is 13.0. The van der Waals surface area contributed by atoms with Crippen molar-refractivity contribution >= 4 is 17.3 Å². The zero-order valence-electron chi connectivity index (χ0n) is 12.2. The molecule has 0 unspecified atom stereocenters. The second-order valence-electron chi connectivity index (χ2n) is 4.69. The first-order valence-electron chi connectivity index (χ1n) is 6.70. The van der Waals surface area contributed by atoms with Crippen LogP contribution in [0, 0.1) is 0 Å². The van der Waals surface area contributed by atoms with Gasteiger partial charge in [0.05, 0.1) is 11.7 Å². The molecule has 1 N–H and O–H groups in total. The number of rotatable bonds is 5. The molecule has 0 aliphatic heterocycles. The highest BCUT2D eigenvalue weighted by atomic mass is 32.1. The molecule has 0 bridgehead atoms. The number of hydrogen-bond acceptors (Lipinski definition) is 3. The van der Waals surface area contributed by atoms with Gasteiger partial charge in [-0.1, -0.05) is 18.2 Å². The van der Waals surface area contributed by atoms with Gasteiger partial charge in [-0.05, 0) is 36.8 Å². The fourth-order valence-electron chi connectivity index (χ4n) is 1.93. The molecule has 2 aromatic rings. The molecule has 6 heteroatoms. The molecule has 0 saturated carbocycles. The van der Waals surface area contributed by atoms with Gasteiger partial charge < -0.3 is 10.2 Å². The van der Waals surface area contributed by atoms with Crippen molar-refractivity contribution in [3.05, 3.63) is 55.1 Å². The Hall–Kier alpha value is -2.21. The third-order valence-electron chi connectivity index (χ3n) is 3.36. The molecule has 0 radical (unpaired) electrons. The van der Waals surface area contributed by atoms with Crippen molar-refractivity contribution in [1.82, 2.24) is 25.0 Å². The van der Waals surface area contributed by atoms with Crippen molar-refractivity contribution in [3.63, 3.8) is 0 Å². The molecule has 21 heavy (non-hydrogen) atoms. The van der Waals surface area contributed by atoms with Crippen molar-refractivity contribution in [2.75, 3.05) is 13.6 Å². The fraction of sp³-hybridized carbons (Fsp3) is 0.267. The summed E-state index contributed by atoms with van der Waals surface area (Å²) in [5, 5.41) is 7.96. The van der Waals surface area contributed by atoms with Crippen LogP contribution in [0.1, 0.15) is 18.5 Å². The van der Waals surface area contributed by atoms with Crippen molar-refractivity contribution in [2.45, 2.75) is 13.0 Å². The molecule has 1 heterocycles. The van der Waals surface area contributed by atoms with Gasteiger partial charge in [-0.15, -0.1) is 6.58 Å². The molecular weight excluding hydrogens is 282 g/mol. The maximum atomic E-state index is 5.35. The van der Waals surface area contributed by atoms with Crippen molar-refractivity contribution in [3.8, 4) is 5.69 Å². The molecular formula is C15H19N5S. The van der Waals surface area contributed by atoms with Crippen LogP contribution in [0.4, 0.5) is 0 Å². The molecule has 0 amide bonds. The number of thiocarbonyl (C=S) groups is 1. The molecule has 1 atom stereocenters. The van der Waals surface area contributed by atoms with Gasteiger partial charge in [0.2, 0.25) is 0 Å². The van der Waals surface area contributed by atoms with Crippen LogP contribution in [0.3, 0.4) is 0 Å². The standard InChI is InChI=1S/C15H19N5S/c1-4-9-17-15(21)19(3)12(2)13-5-7-14(8-6-13)20-11-16-10-18-20/h4-8,10-12H,1,9H2,2-3H3,(H,17,21)/t12-/m0/s1. The van der Waals surface area contributed by atoms with E-state index in [9.17, 15) is 0 Å². The SMILES string of the molecule is C=CCNC(=S)N(C)[C@@H](C)c1ccc(-n2cncn2)cc1. The highest BCUT2D eigenvalue weighted by Gasteiger charge is 2.14. The molecule has 1 aromatic carbocycles. The van der Waals surface area contributed by atoms with E-state index >= 15 is 0 Å². The normalized spacial score (nSPS) is 11.7. The molecule has 0 fully saturated rings. The van der Waals surface area contributed by atoms with Gasteiger partial charge in [-0.3, -0.25) is 0 Å². The monoisotopic (exact) mass is 301 g/mol. The maximum absolute atomic E-state index is 5.35. The minimum absolute atomic E-state index is 0.180. The van der Waals surface area contributed by atoms with Gasteiger partial charge in [0, 0.05) is 13.6 Å². The molecule has 1 aromatic heterocycles. The second kappa shape index (κ2) is 6.99. The maximum Gasteiger partial charge on any atom is 0.169 e. The first-order valence-corrected chi connectivity index (χ1v) is 7.11. The summed E-state index contributed by atoms with van der Waals surface area (Å²) in [6.07, 6.45) is 4.99. The summed E-state index contributed by atoms with van der Waals surface area (Å²) in [5.41, 5.74) is 2.17. The Morgan fingerprint density at radius 2 is 2.19 bits per heavy atom. The fourth-order valence-corrected chi connectivity index (χ4v) is 2.17. The third-order valence-corrected chi connectivity index (χ3v) is 3.79. The smallest absolute Gasteiger partial charge is 0.169 e. The minimum Gasteiger partial charge on any atom is -0.359 e. The lowest BCUT2D eigenvalue weighted by atomic mass is 10.1. The second-order valence-corrected chi connectivity index (χ2v) is 5.08. The Morgan fingerprint density at radius 3 is 2.76 bits per heavy atom. The highest BCUT2D eigenvalue weighted by Crippen LogP contribution is 2.20. The topological polar surface area (TPSA) is 46.0 Å². The Kier molecular flexibility index (Phi) is 5.05. The van der Waals surface area contributed by atoms with E-state index in [1.165, 1.54) is 11.9 Å². The van der Waals surface area contributed by atoms with Crippen LogP contribution >= 0.6 is 12.2 Å². The predicted octanol–water partition coefficient (Wildman–Crippen LogP) is 2.32. The third kappa shape index (κ3) is 3.66. The number of hydrogen-bond donors (Lipinski definition) is 1. The van der Waals surface area contributed by atoms with E-state index in [0.29, 0.717) is 11.7 Å². The zero-order chi connectivity index (χ0) is 15.2. The average molecular weight is 301 g/mol. The van der Waals surface area contributed by atoms with Crippen LogP contribution in [0.25, 0.3) is 5.69 Å². The molecule has 0 spiro atoms. The number of nitrogens with one attached hydrogen (secondary N) is 1. The van der Waals surface area contributed by atoms with Crippen LogP contribution < -0.4 is 5.32 Å². The lowest BCUT2D eigenvalue weighted by molar-refractivity contribution is 0.397. The lowest BCUT2D eigenvalue weighted by Crippen LogP contribution is -2.38. The molecule has 0 saturated heterocycles. The number of aromatic nitrogens is 3. The van der Waals surface area contributed by atoms with Gasteiger partial charge >= 0.3 is 0 Å². The van der Waals surface area contributed by atoms with Gasteiger partial charge in [0.25, 0.3) is 0 Å². The van der Waals surface area contributed by atoms with Crippen LogP contribution in [0.2, 0.25) is 0 Å². The Morgan fingerprint density at radius 1 is 1.48 bits per heavy atom. The van der Waals surface area contributed by atoms with E-state index in [-0.39, 0.29) is 6.04 Å². The number of nitrogens with zero attached hydrogens (tertiary/aromatic N) is 4. The van der Waals surface area contributed by atoms with Gasteiger partial charge in [-0.2, -0.15) is 5.10 Å². The summed E-state index contributed by atoms with van der Waals surface area (Å²) in [7, 11) is 1.98. The summed E-state index contributed by atoms with van der Waals surface area (Å²) in [4.78, 5) is 5.98. The van der Waals surface area contributed by atoms with E-state index in [1.54, 1.807) is 17.1 Å². The van der Waals surface area contributed by atoms with Crippen molar-refractivity contribution in [2.24, 2.45) is 0 Å². The van der Waals surface area contributed by atoms with Gasteiger partial charge in [0.15, 0.2) is 5.11 Å². The summed E-state index contributed by atoms with van der Waals surface area (Å²) < 4.78 is 1.73. The number of benzene rings is 1. The Labute approximate surface area is 130 Å². The Balaban J connectivity index is 2.07. The molecule has 5 nitrogen and oxygen atoms in total. The Bertz CT molecular complexity index is 591. The van der Waals surface area contributed by atoms with Crippen LogP contribution in [0.5, 0.6) is 0 Å². The summed E-state index contributed by atoms with van der Waals surface area (Å²) in [6.45, 7) is 6.46. The highest BCUT2D eigenvalue weighted by molar-refractivity contribution is 7.80. The first kappa shape index (κ1) is 15.2. The van der Waals surface area contributed by atoms with Gasteiger partial charge in [0.1, 0.15) is 12.7 Å². The first-order chi connectivity index (χ1) is 10.1. The average Bonchev–Trinajstić information content (AvgIpc) is 3.05. The minimum atomic E-state index is 0.180. The van der Waals surface area contributed by atoms with Crippen molar-refractivity contribution in [1.29, 1.82) is 0 Å². The van der Waals surface area contributed by atoms with Crippen LogP contribution in [-0.4, -0.2) is 38.4 Å². The van der Waals surface area contributed by atoms with E-state index in [2.05, 4.69) is 41.0 Å². The van der Waals surface area contributed by atoms with Gasteiger partial charge in [-0.25, -0.2) is 9.67 Å². The van der Waals surface area contributed by atoms with Crippen LogP contribution in [-0.2, 0) is 0 Å². The quantitative estimate of drug-likeness (QED) is 0.678. The van der Waals surface area contributed by atoms with Crippen LogP contribution in [0.15, 0.2) is 49.6 Å². The summed E-state index contributed by atoms with van der Waals surface area (Å²) in [6, 6.07) is 8.38. The largest absolute Gasteiger partial charge is 0.359 e. The predicted molar refractivity (Wildman–Crippen MR) is 88.3 cm³/mol. The molecule has 2 rings (SSSR count). The molecule has 110 valence electrons. The lowest BCUT2D eigenvalue weighted by Gasteiger charge is -2.28. The molecule has 0 aliphatic carbocycles. The van der Waals surface area contributed by atoms with E-state index < -0.39 is 0 Å². The van der Waals surface area contributed by atoms with E-state index in [4.69, 9.17) is 12.2 Å². The van der Waals surface area contributed by atoms with E-state index in [1.807, 2.05) is 24.1 Å². The van der Waals surface area contributed by atoms with Crippen molar-refractivity contribution < 1.29 is 0 Å².